The highest BCUT2D eigenvalue weighted by Gasteiger charge is 2.25. The molecular weight excluding hydrogens is 476 g/mol. The van der Waals surface area contributed by atoms with E-state index in [4.69, 9.17) is 0 Å². The van der Waals surface area contributed by atoms with Crippen LogP contribution in [0.1, 0.15) is 66.0 Å². The van der Waals surface area contributed by atoms with Crippen LogP contribution < -0.4 is 15.8 Å². The third kappa shape index (κ3) is 5.33. The van der Waals surface area contributed by atoms with Gasteiger partial charge in [-0.25, -0.2) is 0 Å². The number of hydrogen-bond acceptors (Lipinski definition) is 5. The molecule has 0 saturated carbocycles. The van der Waals surface area contributed by atoms with Gasteiger partial charge in [0.1, 0.15) is 0 Å². The van der Waals surface area contributed by atoms with E-state index < -0.39 is 10.6 Å². The summed E-state index contributed by atoms with van der Waals surface area (Å²) in [6, 6.07) is 6.20. The van der Waals surface area contributed by atoms with Crippen molar-refractivity contribution in [3.63, 3.8) is 0 Å². The number of nitrogens with one attached hydrogen (secondary N) is 2. The number of carbonyl (C=O) groups is 1. The fourth-order valence-electron chi connectivity index (χ4n) is 5.08. The van der Waals surface area contributed by atoms with Crippen LogP contribution in [0.2, 0.25) is 0 Å². The smallest absolute Gasteiger partial charge is 0.253 e. The van der Waals surface area contributed by atoms with E-state index in [0.29, 0.717) is 35.7 Å². The molecule has 4 rings (SSSR count). The number of H-pyrrole nitrogens is 1. The molecule has 2 aromatic heterocycles. The van der Waals surface area contributed by atoms with E-state index in [2.05, 4.69) is 52.8 Å². The van der Waals surface area contributed by atoms with E-state index in [-0.39, 0.29) is 24.1 Å². The van der Waals surface area contributed by atoms with Crippen LogP contribution >= 0.6 is 10.6 Å². The largest absolute Gasteiger partial charge is 0.368 e. The topological polar surface area (TPSA) is 111 Å². The lowest BCUT2D eigenvalue weighted by atomic mass is 10.0. The lowest BCUT2D eigenvalue weighted by molar-refractivity contribution is 0.0952. The van der Waals surface area contributed by atoms with E-state index >= 15 is 0 Å². The quantitative estimate of drug-likeness (QED) is 0.355. The number of aromatic nitrogens is 2. The van der Waals surface area contributed by atoms with Gasteiger partial charge in [-0.2, -0.15) is 10.6 Å². The van der Waals surface area contributed by atoms with Gasteiger partial charge >= 0.3 is 0 Å². The van der Waals surface area contributed by atoms with Crippen molar-refractivity contribution in [1.82, 2.24) is 14.9 Å². The van der Waals surface area contributed by atoms with E-state index in [1.165, 1.54) is 0 Å². The molecule has 0 atom stereocenters. The summed E-state index contributed by atoms with van der Waals surface area (Å²) in [6.45, 7) is 11.4. The predicted molar refractivity (Wildman–Crippen MR) is 149 cm³/mol. The van der Waals surface area contributed by atoms with Crippen LogP contribution in [0.3, 0.4) is 0 Å². The Morgan fingerprint density at radius 2 is 1.86 bits per heavy atom. The standard InChI is InChI=1S/C27H38N4O4S/c1-6-7-20-12-19(5)29-27(33)23(20)15-28-26(32)22-13-21(30-8-10-36(34,35)11-9-30)14-24-25(22)18(4)16-31(24)17(2)3/h12-14,16-17,34-35H,6-11,15H2,1-5H3,(H,28,32)(H,29,33). The second-order valence-electron chi connectivity index (χ2n) is 10.1. The minimum absolute atomic E-state index is 0.157. The van der Waals surface area contributed by atoms with Crippen LogP contribution in [0.5, 0.6) is 0 Å². The molecule has 1 amide bonds. The van der Waals surface area contributed by atoms with E-state index in [1.54, 1.807) is 0 Å². The first kappa shape index (κ1) is 26.3. The number of aromatic amines is 1. The minimum Gasteiger partial charge on any atom is -0.368 e. The van der Waals surface area contributed by atoms with Gasteiger partial charge in [0.2, 0.25) is 0 Å². The normalized spacial score (nSPS) is 16.5. The first-order chi connectivity index (χ1) is 17.0. The maximum atomic E-state index is 13.6. The van der Waals surface area contributed by atoms with Crippen molar-refractivity contribution < 1.29 is 13.9 Å². The van der Waals surface area contributed by atoms with Gasteiger partial charge < -0.3 is 19.8 Å². The number of fused-ring (bicyclic) bond motifs is 1. The maximum absolute atomic E-state index is 13.6. The second-order valence-corrected chi connectivity index (χ2v) is 12.5. The van der Waals surface area contributed by atoms with Gasteiger partial charge in [-0.15, -0.1) is 0 Å². The summed E-state index contributed by atoms with van der Waals surface area (Å²) in [5.74, 6) is 0.426. The Kier molecular flexibility index (Phi) is 7.54. The Hall–Kier alpha value is -2.75. The molecule has 36 heavy (non-hydrogen) atoms. The highest BCUT2D eigenvalue weighted by molar-refractivity contribution is 8.24. The van der Waals surface area contributed by atoms with Crippen LogP contribution in [-0.2, 0) is 13.0 Å². The van der Waals surface area contributed by atoms with Gasteiger partial charge in [-0.1, -0.05) is 13.3 Å². The lowest BCUT2D eigenvalue weighted by Crippen LogP contribution is -2.38. The van der Waals surface area contributed by atoms with Crippen LogP contribution in [0.4, 0.5) is 5.69 Å². The summed E-state index contributed by atoms with van der Waals surface area (Å²) >= 11 is 0. The number of amides is 1. The van der Waals surface area contributed by atoms with Crippen LogP contribution in [0, 0.1) is 13.8 Å². The zero-order valence-corrected chi connectivity index (χ0v) is 22.7. The number of anilines is 1. The van der Waals surface area contributed by atoms with Crippen molar-refractivity contribution in [3.8, 4) is 0 Å². The van der Waals surface area contributed by atoms with E-state index in [0.717, 1.165) is 46.3 Å². The average molecular weight is 515 g/mol. The summed E-state index contributed by atoms with van der Waals surface area (Å²) in [7, 11) is -2.52. The average Bonchev–Trinajstić information content (AvgIpc) is 3.14. The Bertz CT molecular complexity index is 1330. The molecule has 8 nitrogen and oxygen atoms in total. The fraction of sp³-hybridized carbons (Fsp3) is 0.481. The Morgan fingerprint density at radius 1 is 1.17 bits per heavy atom. The molecule has 1 saturated heterocycles. The number of nitrogens with zero attached hydrogens (tertiary/aromatic N) is 2. The molecule has 3 aromatic rings. The second kappa shape index (κ2) is 10.3. The van der Waals surface area contributed by atoms with Crippen molar-refractivity contribution in [3.05, 3.63) is 62.7 Å². The number of pyridine rings is 1. The highest BCUT2D eigenvalue weighted by Crippen LogP contribution is 2.42. The third-order valence-corrected chi connectivity index (χ3v) is 8.63. The maximum Gasteiger partial charge on any atom is 0.253 e. The number of carbonyl (C=O) groups excluding carboxylic acids is 1. The zero-order chi connectivity index (χ0) is 26.2. The van der Waals surface area contributed by atoms with Gasteiger partial charge in [0.15, 0.2) is 0 Å². The van der Waals surface area contributed by atoms with Crippen molar-refractivity contribution in [2.75, 3.05) is 29.5 Å². The number of benzene rings is 1. The molecule has 0 spiro atoms. The Balaban J connectivity index is 1.72. The van der Waals surface area contributed by atoms with Crippen molar-refractivity contribution >= 4 is 33.1 Å². The number of aryl methyl sites for hydroxylation is 3. The molecule has 0 radical (unpaired) electrons. The van der Waals surface area contributed by atoms with Gasteiger partial charge in [0.25, 0.3) is 11.5 Å². The molecule has 4 N–H and O–H groups in total. The number of rotatable bonds is 7. The lowest BCUT2D eigenvalue weighted by Gasteiger charge is -2.42. The van der Waals surface area contributed by atoms with Gasteiger partial charge in [-0.05, 0) is 63.4 Å². The monoisotopic (exact) mass is 514 g/mol. The first-order valence-electron chi connectivity index (χ1n) is 12.6. The van der Waals surface area contributed by atoms with Crippen LogP contribution in [0.25, 0.3) is 10.9 Å². The highest BCUT2D eigenvalue weighted by atomic mass is 32.3. The molecule has 0 unspecified atom stereocenters. The third-order valence-electron chi connectivity index (χ3n) is 6.96. The summed E-state index contributed by atoms with van der Waals surface area (Å²) in [6.07, 6.45) is 3.77. The van der Waals surface area contributed by atoms with E-state index in [1.807, 2.05) is 26.0 Å². The number of hydrogen-bond donors (Lipinski definition) is 4. The summed E-state index contributed by atoms with van der Waals surface area (Å²) in [5.41, 5.74) is 5.67. The molecule has 9 heteroatoms. The molecule has 0 aliphatic carbocycles. The van der Waals surface area contributed by atoms with Crippen molar-refractivity contribution in [2.45, 2.75) is 60.0 Å². The molecule has 0 bridgehead atoms. The molecule has 3 heterocycles. The van der Waals surface area contributed by atoms with Gasteiger partial charge in [0, 0.05) is 54.2 Å². The molecule has 1 fully saturated rings. The summed E-state index contributed by atoms with van der Waals surface area (Å²) in [4.78, 5) is 31.3. The molecule has 1 aromatic carbocycles. The first-order valence-corrected chi connectivity index (χ1v) is 14.5. The summed E-state index contributed by atoms with van der Waals surface area (Å²) in [5, 5.41) is 3.91. The Labute approximate surface area is 214 Å². The fourth-order valence-corrected chi connectivity index (χ4v) is 6.31. The van der Waals surface area contributed by atoms with Gasteiger partial charge in [0.05, 0.1) is 22.6 Å². The molecule has 1 aliphatic rings. The summed E-state index contributed by atoms with van der Waals surface area (Å²) < 4.78 is 22.3. The zero-order valence-electron chi connectivity index (χ0n) is 21.9. The van der Waals surface area contributed by atoms with Crippen molar-refractivity contribution in [1.29, 1.82) is 0 Å². The van der Waals surface area contributed by atoms with Crippen LogP contribution in [0.15, 0.2) is 29.2 Å². The molecule has 1 aliphatic heterocycles. The SMILES string of the molecule is CCCc1cc(C)[nH]c(=O)c1CNC(=O)c1cc(N2CCS(O)(O)CC2)cc2c1c(C)cn2C(C)C. The van der Waals surface area contributed by atoms with Crippen LogP contribution in [-0.4, -0.2) is 49.2 Å². The minimum atomic E-state index is -2.52. The van der Waals surface area contributed by atoms with Gasteiger partial charge in [-0.3, -0.25) is 18.7 Å². The Morgan fingerprint density at radius 3 is 2.50 bits per heavy atom. The van der Waals surface area contributed by atoms with Crippen molar-refractivity contribution in [2.24, 2.45) is 0 Å². The molecular formula is C27H38N4O4S. The predicted octanol–water partition coefficient (Wildman–Crippen LogP) is 4.98. The van der Waals surface area contributed by atoms with E-state index in [9.17, 15) is 18.7 Å². The molecule has 196 valence electrons.